The van der Waals surface area contributed by atoms with E-state index in [1.54, 1.807) is 6.92 Å². The number of nitrogens with one attached hydrogen (secondary N) is 1. The Kier molecular flexibility index (Phi) is 8.94. The lowest BCUT2D eigenvalue weighted by Crippen LogP contribution is -2.16. The first-order valence-electron chi connectivity index (χ1n) is 3.27. The summed E-state index contributed by atoms with van der Waals surface area (Å²) in [6.07, 6.45) is 0. The summed E-state index contributed by atoms with van der Waals surface area (Å²) in [4.78, 5) is 0. The molecule has 0 aliphatic rings. The van der Waals surface area contributed by atoms with E-state index in [0.717, 1.165) is 5.41 Å². The molecule has 0 bridgehead atoms. The van der Waals surface area contributed by atoms with Crippen LogP contribution in [0.25, 0.3) is 0 Å². The second-order valence-electron chi connectivity index (χ2n) is 1.26. The molecule has 0 saturated heterocycles. The summed E-state index contributed by atoms with van der Waals surface area (Å²) in [6, 6.07) is 0. The Balaban J connectivity index is 0. The molecule has 0 aliphatic carbocycles. The number of rotatable bonds is 3. The SMILES string of the molecule is C=CS(O)(O)NCC.CC. The van der Waals surface area contributed by atoms with Crippen LogP contribution >= 0.6 is 10.8 Å². The van der Waals surface area contributed by atoms with Crippen LogP contribution in [-0.4, -0.2) is 15.7 Å². The smallest absolute Gasteiger partial charge is 0.0316 e. The summed E-state index contributed by atoms with van der Waals surface area (Å²) in [5.41, 5.74) is 0. The van der Waals surface area contributed by atoms with E-state index in [-0.39, 0.29) is 0 Å². The summed E-state index contributed by atoms with van der Waals surface area (Å²) in [7, 11) is -2.66. The van der Waals surface area contributed by atoms with Gasteiger partial charge in [0.05, 0.1) is 0 Å². The van der Waals surface area contributed by atoms with Crippen molar-refractivity contribution >= 4 is 10.8 Å². The Bertz CT molecular complexity index is 85.8. The zero-order valence-electron chi connectivity index (χ0n) is 6.79. The summed E-state index contributed by atoms with van der Waals surface area (Å²) in [5, 5.41) is 1.11. The fourth-order valence-electron chi connectivity index (χ4n) is 0.271. The molecular formula is C6H17NO2S. The van der Waals surface area contributed by atoms with Gasteiger partial charge in [-0.1, -0.05) is 27.4 Å². The minimum atomic E-state index is -2.66. The minimum absolute atomic E-state index is 0.536. The molecule has 64 valence electrons. The van der Waals surface area contributed by atoms with Crippen molar-refractivity contribution in [1.29, 1.82) is 0 Å². The predicted octanol–water partition coefficient (Wildman–Crippen LogP) is 2.43. The third kappa shape index (κ3) is 7.97. The zero-order valence-corrected chi connectivity index (χ0v) is 7.61. The third-order valence-electron chi connectivity index (χ3n) is 0.589. The molecule has 0 aromatic heterocycles. The van der Waals surface area contributed by atoms with Gasteiger partial charge in [0.1, 0.15) is 0 Å². The Hall–Kier alpha value is -0.0300. The molecule has 0 amide bonds. The molecule has 0 aromatic rings. The van der Waals surface area contributed by atoms with Gasteiger partial charge in [-0.3, -0.25) is 9.11 Å². The van der Waals surface area contributed by atoms with E-state index in [4.69, 9.17) is 9.11 Å². The molecule has 0 spiro atoms. The molecule has 0 aromatic carbocycles. The van der Waals surface area contributed by atoms with E-state index in [1.807, 2.05) is 13.8 Å². The molecular weight excluding hydrogens is 150 g/mol. The molecule has 0 atom stereocenters. The first-order valence-corrected chi connectivity index (χ1v) is 4.88. The van der Waals surface area contributed by atoms with Crippen LogP contribution in [-0.2, 0) is 0 Å². The van der Waals surface area contributed by atoms with E-state index < -0.39 is 10.8 Å². The van der Waals surface area contributed by atoms with Gasteiger partial charge in [-0.25, -0.2) is 4.72 Å². The molecule has 0 unspecified atom stereocenters. The van der Waals surface area contributed by atoms with Gasteiger partial charge >= 0.3 is 0 Å². The maximum absolute atomic E-state index is 8.73. The Labute approximate surface area is 64.6 Å². The second kappa shape index (κ2) is 7.08. The van der Waals surface area contributed by atoms with Crippen molar-refractivity contribution in [3.8, 4) is 0 Å². The van der Waals surface area contributed by atoms with Crippen LogP contribution in [0.15, 0.2) is 12.0 Å². The molecule has 3 N–H and O–H groups in total. The van der Waals surface area contributed by atoms with Crippen LogP contribution in [0.1, 0.15) is 20.8 Å². The van der Waals surface area contributed by atoms with Crippen LogP contribution in [0.2, 0.25) is 0 Å². The molecule has 0 saturated carbocycles. The second-order valence-corrected chi connectivity index (χ2v) is 3.07. The van der Waals surface area contributed by atoms with Gasteiger partial charge in [-0.2, -0.15) is 0 Å². The lowest BCUT2D eigenvalue weighted by molar-refractivity contribution is 0.485. The van der Waals surface area contributed by atoms with Crippen molar-refractivity contribution in [2.75, 3.05) is 6.54 Å². The fraction of sp³-hybridized carbons (Fsp3) is 0.667. The first-order chi connectivity index (χ1) is 4.62. The minimum Gasteiger partial charge on any atom is -0.282 e. The van der Waals surface area contributed by atoms with Gasteiger partial charge in [-0.05, 0) is 0 Å². The van der Waals surface area contributed by atoms with Crippen molar-refractivity contribution in [3.05, 3.63) is 12.0 Å². The van der Waals surface area contributed by atoms with E-state index in [1.165, 1.54) is 0 Å². The zero-order chi connectivity index (χ0) is 8.62. The maximum Gasteiger partial charge on any atom is 0.0316 e. The third-order valence-corrected chi connectivity index (χ3v) is 1.77. The highest BCUT2D eigenvalue weighted by Gasteiger charge is 2.00. The standard InChI is InChI=1S/C4H11NO2S.C2H6/c1-3-5-8(6,7)4-2;1-2/h4-7H,2-3H2,1H3;1-2H3. The highest BCUT2D eigenvalue weighted by molar-refractivity contribution is 8.25. The lowest BCUT2D eigenvalue weighted by atomic mass is 10.8. The van der Waals surface area contributed by atoms with Gasteiger partial charge in [0.15, 0.2) is 0 Å². The summed E-state index contributed by atoms with van der Waals surface area (Å²) in [5.74, 6) is 0. The largest absolute Gasteiger partial charge is 0.282 e. The predicted molar refractivity (Wildman–Crippen MR) is 48.1 cm³/mol. The van der Waals surface area contributed by atoms with Crippen LogP contribution in [0, 0.1) is 0 Å². The number of hydrogen-bond acceptors (Lipinski definition) is 3. The topological polar surface area (TPSA) is 52.5 Å². The molecule has 0 radical (unpaired) electrons. The fourth-order valence-corrected chi connectivity index (χ4v) is 0.814. The van der Waals surface area contributed by atoms with Crippen molar-refractivity contribution in [2.24, 2.45) is 0 Å². The summed E-state index contributed by atoms with van der Waals surface area (Å²) >= 11 is 0. The highest BCUT2D eigenvalue weighted by atomic mass is 32.3. The van der Waals surface area contributed by atoms with Crippen molar-refractivity contribution < 1.29 is 9.11 Å². The van der Waals surface area contributed by atoms with Crippen molar-refractivity contribution in [3.63, 3.8) is 0 Å². The quantitative estimate of drug-likeness (QED) is 0.605. The van der Waals surface area contributed by atoms with Crippen LogP contribution < -0.4 is 4.72 Å². The molecule has 10 heavy (non-hydrogen) atoms. The van der Waals surface area contributed by atoms with Crippen molar-refractivity contribution in [2.45, 2.75) is 20.8 Å². The molecule has 3 nitrogen and oxygen atoms in total. The van der Waals surface area contributed by atoms with Gasteiger partial charge in [-0.15, -0.1) is 10.8 Å². The van der Waals surface area contributed by atoms with Crippen LogP contribution in [0.3, 0.4) is 0 Å². The Morgan fingerprint density at radius 2 is 1.90 bits per heavy atom. The van der Waals surface area contributed by atoms with Crippen LogP contribution in [0.4, 0.5) is 0 Å². The van der Waals surface area contributed by atoms with E-state index in [0.29, 0.717) is 6.54 Å². The van der Waals surface area contributed by atoms with Crippen LogP contribution in [0.5, 0.6) is 0 Å². The van der Waals surface area contributed by atoms with Gasteiger partial charge in [0.2, 0.25) is 0 Å². The molecule has 4 heteroatoms. The monoisotopic (exact) mass is 167 g/mol. The normalized spacial score (nSPS) is 11.3. The first kappa shape index (κ1) is 12.6. The molecule has 0 rings (SSSR count). The number of hydrogen-bond donors (Lipinski definition) is 3. The summed E-state index contributed by atoms with van der Waals surface area (Å²) in [6.45, 7) is 9.55. The highest BCUT2D eigenvalue weighted by Crippen LogP contribution is 2.33. The van der Waals surface area contributed by atoms with Gasteiger partial charge in [0.25, 0.3) is 0 Å². The van der Waals surface area contributed by atoms with Gasteiger partial charge < -0.3 is 0 Å². The molecule has 0 heterocycles. The molecule has 0 aliphatic heterocycles. The molecule has 0 fully saturated rings. The van der Waals surface area contributed by atoms with Gasteiger partial charge in [0, 0.05) is 12.0 Å². The Morgan fingerprint density at radius 1 is 1.50 bits per heavy atom. The van der Waals surface area contributed by atoms with E-state index in [2.05, 4.69) is 11.3 Å². The van der Waals surface area contributed by atoms with E-state index >= 15 is 0 Å². The Morgan fingerprint density at radius 3 is 2.00 bits per heavy atom. The lowest BCUT2D eigenvalue weighted by Gasteiger charge is -2.27. The average molecular weight is 167 g/mol. The van der Waals surface area contributed by atoms with E-state index in [9.17, 15) is 0 Å². The van der Waals surface area contributed by atoms with Crippen molar-refractivity contribution in [1.82, 2.24) is 4.72 Å². The summed E-state index contributed by atoms with van der Waals surface area (Å²) < 4.78 is 19.9. The average Bonchev–Trinajstić information content (AvgIpc) is 1.93. The maximum atomic E-state index is 8.73.